The summed E-state index contributed by atoms with van der Waals surface area (Å²) < 4.78 is 7.70. The molecule has 0 unspecified atom stereocenters. The third-order valence-corrected chi connectivity index (χ3v) is 6.88. The van der Waals surface area contributed by atoms with Crippen molar-refractivity contribution in [3.8, 4) is 5.75 Å². The number of hydrogen-bond acceptors (Lipinski definition) is 6. The molecule has 0 radical (unpaired) electrons. The normalized spacial score (nSPS) is 16.9. The first kappa shape index (κ1) is 22.0. The van der Waals surface area contributed by atoms with Gasteiger partial charge in [-0.15, -0.1) is 10.2 Å². The van der Waals surface area contributed by atoms with E-state index in [2.05, 4.69) is 27.9 Å². The van der Waals surface area contributed by atoms with Crippen LogP contribution in [-0.2, 0) is 17.8 Å². The molecule has 1 aliphatic rings. The Hall–Kier alpha value is -3.78. The molecule has 0 saturated carbocycles. The molecule has 2 N–H and O–H groups in total. The minimum atomic E-state index is -0.437. The van der Waals surface area contributed by atoms with Gasteiger partial charge in [0.1, 0.15) is 17.6 Å². The molecule has 0 spiro atoms. The van der Waals surface area contributed by atoms with E-state index in [4.69, 9.17) is 4.74 Å². The summed E-state index contributed by atoms with van der Waals surface area (Å²) in [4.78, 5) is 13.4. The largest absolute Gasteiger partial charge is 0.486 e. The van der Waals surface area contributed by atoms with Crippen LogP contribution >= 0.6 is 11.8 Å². The van der Waals surface area contributed by atoms with Crippen molar-refractivity contribution < 1.29 is 9.53 Å². The van der Waals surface area contributed by atoms with E-state index in [9.17, 15) is 4.79 Å². The summed E-state index contributed by atoms with van der Waals surface area (Å²) >= 11 is 1.40. The number of carbonyl (C=O) groups excluding carboxylic acids is 1. The van der Waals surface area contributed by atoms with Gasteiger partial charge in [0.05, 0.1) is 6.04 Å². The predicted molar refractivity (Wildman–Crippen MR) is 133 cm³/mol. The first-order valence-electron chi connectivity index (χ1n) is 11.2. The summed E-state index contributed by atoms with van der Waals surface area (Å²) in [5.74, 6) is 1.31. The van der Waals surface area contributed by atoms with Crippen LogP contribution < -0.4 is 15.5 Å². The van der Waals surface area contributed by atoms with Crippen molar-refractivity contribution >= 4 is 23.4 Å². The standard InChI is InChI=1S/C26H25N5O2S/c1-2-18-13-15-20(16-14-18)27-25(32)24-23(19-9-5-3-6-10-19)30-31-22(28-29-26(31)34-24)17-33-21-11-7-4-8-12-21/h3-16,23-24,30H,2,17H2,1H3,(H,27,32)/t23-,24-/m1/s1. The molecule has 1 aromatic heterocycles. The van der Waals surface area contributed by atoms with Gasteiger partial charge >= 0.3 is 0 Å². The molecular formula is C26H25N5O2S. The van der Waals surface area contributed by atoms with E-state index in [1.807, 2.05) is 89.6 Å². The van der Waals surface area contributed by atoms with Crippen LogP contribution in [-0.4, -0.2) is 26.0 Å². The van der Waals surface area contributed by atoms with Crippen molar-refractivity contribution in [3.05, 3.63) is 102 Å². The number of fused-ring (bicyclic) bond motifs is 1. The minimum Gasteiger partial charge on any atom is -0.486 e. The summed E-state index contributed by atoms with van der Waals surface area (Å²) in [6, 6.07) is 27.2. The predicted octanol–water partition coefficient (Wildman–Crippen LogP) is 4.82. The molecule has 2 heterocycles. The van der Waals surface area contributed by atoms with Crippen molar-refractivity contribution in [2.75, 3.05) is 10.7 Å². The highest BCUT2D eigenvalue weighted by molar-refractivity contribution is 8.00. The second kappa shape index (κ2) is 10.0. The van der Waals surface area contributed by atoms with E-state index in [1.165, 1.54) is 17.3 Å². The number of nitrogens with one attached hydrogen (secondary N) is 2. The number of amides is 1. The highest BCUT2D eigenvalue weighted by atomic mass is 32.2. The van der Waals surface area contributed by atoms with Crippen LogP contribution in [0.15, 0.2) is 90.1 Å². The first-order chi connectivity index (χ1) is 16.7. The molecule has 8 heteroatoms. The van der Waals surface area contributed by atoms with Gasteiger partial charge in [0, 0.05) is 5.69 Å². The Kier molecular flexibility index (Phi) is 6.49. The average molecular weight is 472 g/mol. The fraction of sp³-hybridized carbons (Fsp3) is 0.192. The fourth-order valence-electron chi connectivity index (χ4n) is 3.80. The van der Waals surface area contributed by atoms with Crippen LogP contribution in [0.4, 0.5) is 5.69 Å². The van der Waals surface area contributed by atoms with Crippen LogP contribution in [0.5, 0.6) is 5.75 Å². The van der Waals surface area contributed by atoms with Gasteiger partial charge in [-0.25, -0.2) is 4.68 Å². The lowest BCUT2D eigenvalue weighted by Gasteiger charge is -2.33. The van der Waals surface area contributed by atoms with E-state index in [1.54, 1.807) is 0 Å². The topological polar surface area (TPSA) is 81.1 Å². The summed E-state index contributed by atoms with van der Waals surface area (Å²) in [6.07, 6.45) is 0.957. The van der Waals surface area contributed by atoms with Crippen LogP contribution in [0.2, 0.25) is 0 Å². The van der Waals surface area contributed by atoms with E-state index < -0.39 is 5.25 Å². The molecular weight excluding hydrogens is 446 g/mol. The Balaban J connectivity index is 1.39. The Morgan fingerprint density at radius 3 is 2.41 bits per heavy atom. The highest BCUT2D eigenvalue weighted by Gasteiger charge is 2.37. The lowest BCUT2D eigenvalue weighted by Crippen LogP contribution is -2.41. The van der Waals surface area contributed by atoms with Crippen LogP contribution in [0, 0.1) is 0 Å². The summed E-state index contributed by atoms with van der Waals surface area (Å²) in [5, 5.41) is 11.9. The third-order valence-electron chi connectivity index (χ3n) is 5.66. The molecule has 5 rings (SSSR count). The van der Waals surface area contributed by atoms with E-state index in [-0.39, 0.29) is 18.6 Å². The molecule has 2 atom stereocenters. The number of anilines is 1. The smallest absolute Gasteiger partial charge is 0.240 e. The maximum Gasteiger partial charge on any atom is 0.240 e. The zero-order valence-electron chi connectivity index (χ0n) is 18.7. The van der Waals surface area contributed by atoms with Crippen molar-refractivity contribution in [1.82, 2.24) is 14.9 Å². The number of aromatic nitrogens is 3. The first-order valence-corrected chi connectivity index (χ1v) is 12.1. The maximum atomic E-state index is 13.4. The summed E-state index contributed by atoms with van der Waals surface area (Å²) in [6.45, 7) is 2.37. The molecule has 7 nitrogen and oxygen atoms in total. The molecule has 3 aromatic carbocycles. The van der Waals surface area contributed by atoms with Crippen molar-refractivity contribution in [2.24, 2.45) is 0 Å². The number of rotatable bonds is 7. The molecule has 0 saturated heterocycles. The molecule has 34 heavy (non-hydrogen) atoms. The molecule has 1 aliphatic heterocycles. The highest BCUT2D eigenvalue weighted by Crippen LogP contribution is 2.37. The third kappa shape index (κ3) is 4.77. The van der Waals surface area contributed by atoms with E-state index in [0.717, 1.165) is 23.4 Å². The van der Waals surface area contributed by atoms with Gasteiger partial charge in [-0.3, -0.25) is 4.79 Å². The van der Waals surface area contributed by atoms with Gasteiger partial charge in [-0.2, -0.15) is 0 Å². The number of thioether (sulfide) groups is 1. The van der Waals surface area contributed by atoms with Crippen molar-refractivity contribution in [1.29, 1.82) is 0 Å². The van der Waals surface area contributed by atoms with Crippen LogP contribution in [0.3, 0.4) is 0 Å². The Bertz CT molecular complexity index is 1250. The van der Waals surface area contributed by atoms with Crippen LogP contribution in [0.1, 0.15) is 29.9 Å². The minimum absolute atomic E-state index is 0.0908. The molecule has 0 bridgehead atoms. The van der Waals surface area contributed by atoms with Gasteiger partial charge in [0.25, 0.3) is 0 Å². The quantitative estimate of drug-likeness (QED) is 0.402. The number of ether oxygens (including phenoxy) is 1. The number of hydrogen-bond donors (Lipinski definition) is 2. The second-order valence-corrected chi connectivity index (χ2v) is 9.04. The number of carbonyl (C=O) groups is 1. The lowest BCUT2D eigenvalue weighted by atomic mass is 10.0. The second-order valence-electron chi connectivity index (χ2n) is 7.93. The Morgan fingerprint density at radius 2 is 1.71 bits per heavy atom. The number of aryl methyl sites for hydroxylation is 1. The molecule has 1 amide bonds. The molecule has 4 aromatic rings. The zero-order valence-corrected chi connectivity index (χ0v) is 19.5. The SMILES string of the molecule is CCc1ccc(NC(=O)[C@@H]2Sc3nnc(COc4ccccc4)n3N[C@@H]2c2ccccc2)cc1. The lowest BCUT2D eigenvalue weighted by molar-refractivity contribution is -0.116. The molecule has 172 valence electrons. The van der Waals surface area contributed by atoms with Gasteiger partial charge < -0.3 is 15.5 Å². The summed E-state index contributed by atoms with van der Waals surface area (Å²) in [7, 11) is 0. The van der Waals surface area contributed by atoms with Gasteiger partial charge in [-0.1, -0.05) is 79.3 Å². The Labute approximate surface area is 202 Å². The van der Waals surface area contributed by atoms with Gasteiger partial charge in [-0.05, 0) is 41.8 Å². The van der Waals surface area contributed by atoms with E-state index in [0.29, 0.717) is 11.0 Å². The number of nitrogens with zero attached hydrogens (tertiary/aromatic N) is 3. The van der Waals surface area contributed by atoms with Gasteiger partial charge in [0.15, 0.2) is 5.82 Å². The Morgan fingerprint density at radius 1 is 1.00 bits per heavy atom. The summed E-state index contributed by atoms with van der Waals surface area (Å²) in [5.41, 5.74) is 6.47. The van der Waals surface area contributed by atoms with Crippen molar-refractivity contribution in [2.45, 2.75) is 36.4 Å². The number of para-hydroxylation sites is 1. The molecule has 0 aliphatic carbocycles. The average Bonchev–Trinajstić information content (AvgIpc) is 3.30. The van der Waals surface area contributed by atoms with Crippen molar-refractivity contribution in [3.63, 3.8) is 0 Å². The monoisotopic (exact) mass is 471 g/mol. The zero-order chi connectivity index (χ0) is 23.3. The maximum absolute atomic E-state index is 13.4. The fourth-order valence-corrected chi connectivity index (χ4v) is 4.90. The van der Waals surface area contributed by atoms with E-state index >= 15 is 0 Å². The molecule has 0 fully saturated rings. The van der Waals surface area contributed by atoms with Crippen LogP contribution in [0.25, 0.3) is 0 Å². The van der Waals surface area contributed by atoms with Gasteiger partial charge in [0.2, 0.25) is 11.1 Å². The number of benzene rings is 3.